The van der Waals surface area contributed by atoms with E-state index in [0.29, 0.717) is 6.54 Å². The average Bonchev–Trinajstić information content (AvgIpc) is 2.29. The van der Waals surface area contributed by atoms with Crippen LogP contribution in [0.5, 0.6) is 0 Å². The Morgan fingerprint density at radius 3 is 2.88 bits per heavy atom. The maximum atomic E-state index is 10.8. The number of benzene rings is 1. The average molecular weight is 228 g/mol. The van der Waals surface area contributed by atoms with Gasteiger partial charge in [0.2, 0.25) is 5.91 Å². The molecule has 0 fully saturated rings. The van der Waals surface area contributed by atoms with E-state index >= 15 is 0 Å². The maximum Gasteiger partial charge on any atom is 0.216 e. The Morgan fingerprint density at radius 2 is 2.12 bits per heavy atom. The molecule has 17 heavy (non-hydrogen) atoms. The summed E-state index contributed by atoms with van der Waals surface area (Å²) in [6.07, 6.45) is 0.851. The van der Waals surface area contributed by atoms with Gasteiger partial charge in [-0.1, -0.05) is 12.1 Å². The first-order chi connectivity index (χ1) is 8.15. The largest absolute Gasteiger partial charge is 0.356 e. The number of amides is 1. The smallest absolute Gasteiger partial charge is 0.216 e. The van der Waals surface area contributed by atoms with Gasteiger partial charge in [0.15, 0.2) is 0 Å². The quantitative estimate of drug-likeness (QED) is 0.875. The molecule has 0 unspecified atom stereocenters. The first-order valence-electron chi connectivity index (χ1n) is 5.76. The molecule has 0 spiro atoms. The number of rotatable bonds is 3. The molecule has 1 amide bonds. The molecule has 0 saturated carbocycles. The molecule has 0 bridgehead atoms. The number of nitrogens with zero attached hydrogens (tertiary/aromatic N) is 1. The fourth-order valence-corrected chi connectivity index (χ4v) is 1.82. The normalized spacial score (nSPS) is 10.5. The number of fused-ring (bicyclic) bond motifs is 1. The van der Waals surface area contributed by atoms with Gasteiger partial charge in [-0.25, -0.2) is 0 Å². The Hall–Kier alpha value is -1.90. The third-order valence-corrected chi connectivity index (χ3v) is 2.68. The molecule has 1 aromatic carbocycles. The van der Waals surface area contributed by atoms with E-state index in [-0.39, 0.29) is 5.91 Å². The molecule has 2 aromatic rings. The fraction of sp³-hybridized carbons (Fsp3) is 0.286. The Balaban J connectivity index is 2.14. The van der Waals surface area contributed by atoms with Gasteiger partial charge in [-0.2, -0.15) is 0 Å². The van der Waals surface area contributed by atoms with E-state index < -0.39 is 0 Å². The number of hydrogen-bond donors (Lipinski definition) is 1. The molecule has 0 saturated heterocycles. The van der Waals surface area contributed by atoms with Crippen LogP contribution in [-0.2, 0) is 11.2 Å². The van der Waals surface area contributed by atoms with Crippen molar-refractivity contribution in [3.63, 3.8) is 0 Å². The van der Waals surface area contributed by atoms with Crippen molar-refractivity contribution in [2.75, 3.05) is 6.54 Å². The topological polar surface area (TPSA) is 42.0 Å². The van der Waals surface area contributed by atoms with Crippen molar-refractivity contribution in [3.05, 3.63) is 41.6 Å². The molecule has 3 nitrogen and oxygen atoms in total. The predicted molar refractivity (Wildman–Crippen MR) is 68.9 cm³/mol. The second kappa shape index (κ2) is 4.95. The molecule has 0 aliphatic rings. The summed E-state index contributed by atoms with van der Waals surface area (Å²) in [6.45, 7) is 4.21. The van der Waals surface area contributed by atoms with E-state index in [4.69, 9.17) is 0 Å². The van der Waals surface area contributed by atoms with Gasteiger partial charge < -0.3 is 5.32 Å². The molecule has 2 rings (SSSR count). The van der Waals surface area contributed by atoms with E-state index in [1.165, 1.54) is 12.5 Å². The van der Waals surface area contributed by atoms with Crippen molar-refractivity contribution in [3.8, 4) is 0 Å². The van der Waals surface area contributed by atoms with Crippen LogP contribution in [0, 0.1) is 6.92 Å². The number of nitrogens with one attached hydrogen (secondary N) is 1. The minimum atomic E-state index is 0.0167. The highest BCUT2D eigenvalue weighted by atomic mass is 16.1. The first kappa shape index (κ1) is 11.6. The molecule has 88 valence electrons. The molecule has 0 aliphatic carbocycles. The van der Waals surface area contributed by atoms with Crippen molar-refractivity contribution in [1.82, 2.24) is 10.3 Å². The van der Waals surface area contributed by atoms with Gasteiger partial charge in [-0.15, -0.1) is 0 Å². The minimum Gasteiger partial charge on any atom is -0.356 e. The highest BCUT2D eigenvalue weighted by Gasteiger charge is 1.99. The first-order valence-corrected chi connectivity index (χ1v) is 5.76. The van der Waals surface area contributed by atoms with Gasteiger partial charge >= 0.3 is 0 Å². The number of aryl methyl sites for hydroxylation is 1. The summed E-state index contributed by atoms with van der Waals surface area (Å²) in [4.78, 5) is 15.2. The minimum absolute atomic E-state index is 0.0167. The molecular weight excluding hydrogens is 212 g/mol. The molecule has 1 heterocycles. The van der Waals surface area contributed by atoms with Gasteiger partial charge in [-0.3, -0.25) is 9.78 Å². The van der Waals surface area contributed by atoms with Crippen LogP contribution in [0.3, 0.4) is 0 Å². The van der Waals surface area contributed by atoms with E-state index in [2.05, 4.69) is 28.5 Å². The maximum absolute atomic E-state index is 10.8. The lowest BCUT2D eigenvalue weighted by Crippen LogP contribution is -2.22. The van der Waals surface area contributed by atoms with Gasteiger partial charge in [0, 0.05) is 24.5 Å². The molecule has 3 heteroatoms. The Morgan fingerprint density at radius 1 is 1.29 bits per heavy atom. The van der Waals surface area contributed by atoms with Crippen LogP contribution >= 0.6 is 0 Å². The molecule has 1 N–H and O–H groups in total. The summed E-state index contributed by atoms with van der Waals surface area (Å²) in [7, 11) is 0. The summed E-state index contributed by atoms with van der Waals surface area (Å²) in [5.74, 6) is 0.0167. The van der Waals surface area contributed by atoms with Crippen LogP contribution in [0.1, 0.15) is 18.2 Å². The highest BCUT2D eigenvalue weighted by Crippen LogP contribution is 2.14. The Labute approximate surface area is 101 Å². The van der Waals surface area contributed by atoms with E-state index in [0.717, 1.165) is 23.0 Å². The standard InChI is InChI=1S/C14H16N2O/c1-10-3-5-13-9-12(4-6-14(13)16-10)7-8-15-11(2)17/h3-6,9H,7-8H2,1-2H3,(H,15,17). The second-order valence-electron chi connectivity index (χ2n) is 4.21. The van der Waals surface area contributed by atoms with Crippen LogP contribution < -0.4 is 5.32 Å². The van der Waals surface area contributed by atoms with Crippen molar-refractivity contribution in [2.24, 2.45) is 0 Å². The van der Waals surface area contributed by atoms with Gasteiger partial charge in [-0.05, 0) is 37.1 Å². The highest BCUT2D eigenvalue weighted by molar-refractivity contribution is 5.79. The summed E-state index contributed by atoms with van der Waals surface area (Å²) in [6, 6.07) is 10.3. The number of pyridine rings is 1. The van der Waals surface area contributed by atoms with Crippen molar-refractivity contribution >= 4 is 16.8 Å². The van der Waals surface area contributed by atoms with Crippen LogP contribution in [0.15, 0.2) is 30.3 Å². The molecular formula is C14H16N2O. The molecule has 0 atom stereocenters. The summed E-state index contributed by atoms with van der Waals surface area (Å²) in [5, 5.41) is 3.95. The third-order valence-electron chi connectivity index (χ3n) is 2.68. The fourth-order valence-electron chi connectivity index (χ4n) is 1.82. The number of hydrogen-bond acceptors (Lipinski definition) is 2. The SMILES string of the molecule is CC(=O)NCCc1ccc2nc(C)ccc2c1. The monoisotopic (exact) mass is 228 g/mol. The summed E-state index contributed by atoms with van der Waals surface area (Å²) < 4.78 is 0. The second-order valence-corrected chi connectivity index (χ2v) is 4.21. The lowest BCUT2D eigenvalue weighted by Gasteiger charge is -2.04. The number of aromatic nitrogens is 1. The van der Waals surface area contributed by atoms with Crippen LogP contribution in [0.25, 0.3) is 10.9 Å². The zero-order valence-electron chi connectivity index (χ0n) is 10.2. The zero-order valence-corrected chi connectivity index (χ0v) is 10.2. The lowest BCUT2D eigenvalue weighted by atomic mass is 10.1. The van der Waals surface area contributed by atoms with Crippen molar-refractivity contribution in [2.45, 2.75) is 20.3 Å². The van der Waals surface area contributed by atoms with E-state index in [9.17, 15) is 4.79 Å². The number of carbonyl (C=O) groups excluding carboxylic acids is 1. The molecule has 1 aromatic heterocycles. The lowest BCUT2D eigenvalue weighted by molar-refractivity contribution is -0.118. The summed E-state index contributed by atoms with van der Waals surface area (Å²) in [5.41, 5.74) is 3.27. The van der Waals surface area contributed by atoms with Gasteiger partial charge in [0.1, 0.15) is 0 Å². The van der Waals surface area contributed by atoms with E-state index in [1.54, 1.807) is 0 Å². The zero-order chi connectivity index (χ0) is 12.3. The van der Waals surface area contributed by atoms with Crippen molar-refractivity contribution in [1.29, 1.82) is 0 Å². The third kappa shape index (κ3) is 3.03. The Kier molecular flexibility index (Phi) is 3.38. The molecule has 0 aliphatic heterocycles. The van der Waals surface area contributed by atoms with E-state index in [1.807, 2.05) is 19.1 Å². The predicted octanol–water partition coefficient (Wildman–Crippen LogP) is 2.22. The molecule has 0 radical (unpaired) electrons. The Bertz CT molecular complexity index is 549. The van der Waals surface area contributed by atoms with Crippen LogP contribution in [-0.4, -0.2) is 17.4 Å². The van der Waals surface area contributed by atoms with Crippen molar-refractivity contribution < 1.29 is 4.79 Å². The number of carbonyl (C=O) groups is 1. The van der Waals surface area contributed by atoms with Gasteiger partial charge in [0.25, 0.3) is 0 Å². The van der Waals surface area contributed by atoms with Gasteiger partial charge in [0.05, 0.1) is 5.52 Å². The summed E-state index contributed by atoms with van der Waals surface area (Å²) >= 11 is 0. The van der Waals surface area contributed by atoms with Crippen LogP contribution in [0.4, 0.5) is 0 Å². The van der Waals surface area contributed by atoms with Crippen LogP contribution in [0.2, 0.25) is 0 Å².